The lowest BCUT2D eigenvalue weighted by atomic mass is 10.1. The molecule has 7 nitrogen and oxygen atoms in total. The van der Waals surface area contributed by atoms with Gasteiger partial charge in [-0.05, 0) is 114 Å². The van der Waals surface area contributed by atoms with Gasteiger partial charge in [0.25, 0.3) is 15.9 Å². The molecule has 0 aliphatic carbocycles. The first kappa shape index (κ1) is 29.8. The minimum Gasteiger partial charge on any atom is -0.489 e. The van der Waals surface area contributed by atoms with Gasteiger partial charge in [-0.25, -0.2) is 13.8 Å². The van der Waals surface area contributed by atoms with E-state index in [2.05, 4.69) is 34.8 Å². The molecule has 0 unspecified atom stereocenters. The van der Waals surface area contributed by atoms with Gasteiger partial charge in [0, 0.05) is 5.02 Å². The standard InChI is InChI=1S/C34H30ClN3O4S/c1-24-7-14-31(19-25(24)2)38(43(40,41)33-17-12-30(35)13-18-33)22-34(39)37-36-21-26-9-15-32(16-10-26)42-23-27-8-11-28-5-3-4-6-29(28)20-27/h3-21H,22-23H2,1-2H3,(H,37,39)/b36-21-. The molecule has 0 spiro atoms. The fraction of sp³-hybridized carbons (Fsp3) is 0.118. The van der Waals surface area contributed by atoms with Crippen LogP contribution in [0.25, 0.3) is 10.8 Å². The Labute approximate surface area is 256 Å². The second-order valence-electron chi connectivity index (χ2n) is 10.1. The number of amides is 1. The van der Waals surface area contributed by atoms with E-state index in [0.717, 1.165) is 31.9 Å². The predicted molar refractivity (Wildman–Crippen MR) is 172 cm³/mol. The van der Waals surface area contributed by atoms with Crippen LogP contribution in [0.3, 0.4) is 0 Å². The predicted octanol–water partition coefficient (Wildman–Crippen LogP) is 7.03. The zero-order valence-corrected chi connectivity index (χ0v) is 25.3. The molecule has 5 rings (SSSR count). The summed E-state index contributed by atoms with van der Waals surface area (Å²) < 4.78 is 34.1. The number of halogens is 1. The number of hydrogen-bond acceptors (Lipinski definition) is 5. The highest BCUT2D eigenvalue weighted by Gasteiger charge is 2.27. The fourth-order valence-corrected chi connectivity index (χ4v) is 5.96. The molecule has 0 aliphatic heterocycles. The van der Waals surface area contributed by atoms with Crippen LogP contribution in [0.15, 0.2) is 119 Å². The molecule has 1 amide bonds. The molecule has 0 atom stereocenters. The molecule has 218 valence electrons. The lowest BCUT2D eigenvalue weighted by molar-refractivity contribution is -0.119. The van der Waals surface area contributed by atoms with Crippen molar-refractivity contribution in [1.82, 2.24) is 5.43 Å². The Morgan fingerprint density at radius 2 is 1.58 bits per heavy atom. The second-order valence-corrected chi connectivity index (χ2v) is 12.4. The van der Waals surface area contributed by atoms with E-state index >= 15 is 0 Å². The number of nitrogens with one attached hydrogen (secondary N) is 1. The van der Waals surface area contributed by atoms with Gasteiger partial charge in [-0.1, -0.05) is 54.1 Å². The van der Waals surface area contributed by atoms with Gasteiger partial charge in [-0.2, -0.15) is 5.10 Å². The van der Waals surface area contributed by atoms with Gasteiger partial charge in [0.15, 0.2) is 0 Å². The topological polar surface area (TPSA) is 88.1 Å². The minimum atomic E-state index is -4.07. The van der Waals surface area contributed by atoms with Crippen LogP contribution in [0, 0.1) is 13.8 Å². The number of hydrazone groups is 1. The lowest BCUT2D eigenvalue weighted by Crippen LogP contribution is -2.39. The van der Waals surface area contributed by atoms with E-state index in [4.69, 9.17) is 16.3 Å². The number of fused-ring (bicyclic) bond motifs is 1. The molecular formula is C34H30ClN3O4S. The van der Waals surface area contributed by atoms with Crippen molar-refractivity contribution in [3.05, 3.63) is 136 Å². The number of carbonyl (C=O) groups is 1. The number of sulfonamides is 1. The molecule has 1 N–H and O–H groups in total. The van der Waals surface area contributed by atoms with Crippen molar-refractivity contribution in [2.24, 2.45) is 5.10 Å². The minimum absolute atomic E-state index is 0.0225. The van der Waals surface area contributed by atoms with E-state index in [0.29, 0.717) is 23.1 Å². The summed E-state index contributed by atoms with van der Waals surface area (Å²) in [5.74, 6) is 0.105. The maximum absolute atomic E-state index is 13.6. The van der Waals surface area contributed by atoms with Gasteiger partial charge in [0.05, 0.1) is 16.8 Å². The van der Waals surface area contributed by atoms with Crippen molar-refractivity contribution in [2.45, 2.75) is 25.3 Å². The average Bonchev–Trinajstić information content (AvgIpc) is 3.01. The molecule has 0 aromatic heterocycles. The molecule has 0 bridgehead atoms. The van der Waals surface area contributed by atoms with E-state index < -0.39 is 22.5 Å². The Balaban J connectivity index is 1.22. The number of rotatable bonds is 10. The Hall–Kier alpha value is -4.66. The second kappa shape index (κ2) is 13.1. The number of ether oxygens (including phenoxy) is 1. The largest absolute Gasteiger partial charge is 0.489 e. The Morgan fingerprint density at radius 1 is 0.860 bits per heavy atom. The van der Waals surface area contributed by atoms with Gasteiger partial charge < -0.3 is 4.74 Å². The Morgan fingerprint density at radius 3 is 2.30 bits per heavy atom. The van der Waals surface area contributed by atoms with Crippen LogP contribution in [-0.4, -0.2) is 27.1 Å². The molecule has 0 saturated heterocycles. The SMILES string of the molecule is Cc1ccc(N(CC(=O)N/N=C\c2ccc(OCc3ccc4ccccc4c3)cc2)S(=O)(=O)c2ccc(Cl)cc2)cc1C. The van der Waals surface area contributed by atoms with Crippen LogP contribution in [0.1, 0.15) is 22.3 Å². The molecule has 0 radical (unpaired) electrons. The number of carbonyl (C=O) groups excluding carboxylic acids is 1. The van der Waals surface area contributed by atoms with E-state index in [9.17, 15) is 13.2 Å². The first-order chi connectivity index (χ1) is 20.7. The molecule has 0 heterocycles. The highest BCUT2D eigenvalue weighted by molar-refractivity contribution is 7.92. The van der Waals surface area contributed by atoms with Crippen LogP contribution in [0.2, 0.25) is 5.02 Å². The van der Waals surface area contributed by atoms with E-state index in [1.54, 1.807) is 12.1 Å². The van der Waals surface area contributed by atoms with Crippen LogP contribution >= 0.6 is 11.6 Å². The number of hydrogen-bond donors (Lipinski definition) is 1. The highest BCUT2D eigenvalue weighted by atomic mass is 35.5. The molecule has 5 aromatic rings. The summed E-state index contributed by atoms with van der Waals surface area (Å²) in [6.45, 7) is 3.79. The number of anilines is 1. The van der Waals surface area contributed by atoms with Gasteiger partial charge >= 0.3 is 0 Å². The number of aryl methyl sites for hydroxylation is 2. The third-order valence-corrected chi connectivity index (χ3v) is 9.01. The smallest absolute Gasteiger partial charge is 0.264 e. The normalized spacial score (nSPS) is 11.5. The third kappa shape index (κ3) is 7.41. The summed E-state index contributed by atoms with van der Waals surface area (Å²) in [4.78, 5) is 12.9. The van der Waals surface area contributed by atoms with Crippen molar-refractivity contribution in [1.29, 1.82) is 0 Å². The van der Waals surface area contributed by atoms with Crippen molar-refractivity contribution in [2.75, 3.05) is 10.8 Å². The van der Waals surface area contributed by atoms with Gasteiger partial charge in [-0.15, -0.1) is 0 Å². The number of benzene rings is 5. The molecule has 0 saturated carbocycles. The van der Waals surface area contributed by atoms with Crippen molar-refractivity contribution in [3.63, 3.8) is 0 Å². The lowest BCUT2D eigenvalue weighted by Gasteiger charge is -2.24. The van der Waals surface area contributed by atoms with Crippen molar-refractivity contribution < 1.29 is 17.9 Å². The molecule has 43 heavy (non-hydrogen) atoms. The number of nitrogens with zero attached hydrogens (tertiary/aromatic N) is 2. The summed E-state index contributed by atoms with van der Waals surface area (Å²) >= 11 is 5.96. The van der Waals surface area contributed by atoms with Crippen LogP contribution in [0.4, 0.5) is 5.69 Å². The summed E-state index contributed by atoms with van der Waals surface area (Å²) in [7, 11) is -4.07. The van der Waals surface area contributed by atoms with Crippen LogP contribution in [0.5, 0.6) is 5.75 Å². The summed E-state index contributed by atoms with van der Waals surface area (Å²) in [5, 5.41) is 6.79. The third-order valence-electron chi connectivity index (χ3n) is 6.97. The fourth-order valence-electron chi connectivity index (χ4n) is 4.42. The van der Waals surface area contributed by atoms with E-state index in [1.165, 1.54) is 35.9 Å². The monoisotopic (exact) mass is 611 g/mol. The summed E-state index contributed by atoms with van der Waals surface area (Å²) in [5.41, 5.74) is 6.52. The zero-order valence-electron chi connectivity index (χ0n) is 23.7. The highest BCUT2D eigenvalue weighted by Crippen LogP contribution is 2.26. The summed E-state index contributed by atoms with van der Waals surface area (Å²) in [6.07, 6.45) is 1.49. The van der Waals surface area contributed by atoms with Gasteiger partial charge in [-0.3, -0.25) is 9.10 Å². The van der Waals surface area contributed by atoms with Crippen LogP contribution < -0.4 is 14.5 Å². The first-order valence-corrected chi connectivity index (χ1v) is 15.4. The van der Waals surface area contributed by atoms with E-state index in [-0.39, 0.29) is 4.90 Å². The first-order valence-electron chi connectivity index (χ1n) is 13.6. The average molecular weight is 612 g/mol. The molecular weight excluding hydrogens is 582 g/mol. The van der Waals surface area contributed by atoms with Crippen molar-refractivity contribution >= 4 is 50.2 Å². The van der Waals surface area contributed by atoms with Crippen LogP contribution in [-0.2, 0) is 21.4 Å². The Bertz CT molecular complexity index is 1890. The molecule has 9 heteroatoms. The molecule has 5 aromatic carbocycles. The Kier molecular flexibility index (Phi) is 9.09. The van der Waals surface area contributed by atoms with Gasteiger partial charge in [0.2, 0.25) is 0 Å². The quantitative estimate of drug-likeness (QED) is 0.136. The van der Waals surface area contributed by atoms with E-state index in [1.807, 2.05) is 62.4 Å². The maximum atomic E-state index is 13.6. The molecule has 0 fully saturated rings. The maximum Gasteiger partial charge on any atom is 0.264 e. The summed E-state index contributed by atoms with van der Waals surface area (Å²) in [6, 6.07) is 32.8. The van der Waals surface area contributed by atoms with Crippen molar-refractivity contribution in [3.8, 4) is 5.75 Å². The zero-order chi connectivity index (χ0) is 30.4. The molecule has 0 aliphatic rings. The van der Waals surface area contributed by atoms with Gasteiger partial charge in [0.1, 0.15) is 18.9 Å².